The molecule has 1 aromatic carbocycles. The number of aromatic nitrogens is 1. The zero-order valence-corrected chi connectivity index (χ0v) is 11.6. The van der Waals surface area contributed by atoms with Gasteiger partial charge in [-0.3, -0.25) is 0 Å². The molecule has 2 nitrogen and oxygen atoms in total. The molecule has 2 aromatic rings. The number of nitrogens with zero attached hydrogens (tertiary/aromatic N) is 1. The number of benzene rings is 1. The molecular formula is C12H12BrNOS. The van der Waals surface area contributed by atoms with Crippen LogP contribution in [0.3, 0.4) is 0 Å². The van der Waals surface area contributed by atoms with Gasteiger partial charge in [0.05, 0.1) is 12.3 Å². The van der Waals surface area contributed by atoms with Crippen LogP contribution in [0, 0.1) is 6.92 Å². The Labute approximate surface area is 107 Å². The van der Waals surface area contributed by atoms with Gasteiger partial charge in [-0.1, -0.05) is 22.0 Å². The van der Waals surface area contributed by atoms with Crippen molar-refractivity contribution >= 4 is 27.3 Å². The fraction of sp³-hybridized carbons (Fsp3) is 0.250. The van der Waals surface area contributed by atoms with Crippen LogP contribution >= 0.6 is 27.3 Å². The Morgan fingerprint density at radius 1 is 1.44 bits per heavy atom. The standard InChI is InChI=1S/C12H12BrNOS/c1-8-3-4-9(13)5-10(8)11-7-16-12(14-11)6-15-2/h3-5,7H,6H2,1-2H3. The normalized spacial score (nSPS) is 10.7. The van der Waals surface area contributed by atoms with Gasteiger partial charge in [-0.15, -0.1) is 11.3 Å². The van der Waals surface area contributed by atoms with E-state index in [1.165, 1.54) is 11.1 Å². The van der Waals surface area contributed by atoms with Gasteiger partial charge in [-0.2, -0.15) is 0 Å². The van der Waals surface area contributed by atoms with Crippen LogP contribution in [0.2, 0.25) is 0 Å². The minimum Gasteiger partial charge on any atom is -0.378 e. The third kappa shape index (κ3) is 2.51. The maximum Gasteiger partial charge on any atom is 0.119 e. The fourth-order valence-corrected chi connectivity index (χ4v) is 2.62. The van der Waals surface area contributed by atoms with Crippen LogP contribution in [0.4, 0.5) is 0 Å². The SMILES string of the molecule is COCc1nc(-c2cc(Br)ccc2C)cs1. The molecule has 16 heavy (non-hydrogen) atoms. The van der Waals surface area contributed by atoms with Crippen molar-refractivity contribution in [1.82, 2.24) is 4.98 Å². The third-order valence-corrected chi connectivity index (χ3v) is 3.61. The molecule has 0 radical (unpaired) electrons. The first-order chi connectivity index (χ1) is 7.70. The van der Waals surface area contributed by atoms with Crippen LogP contribution < -0.4 is 0 Å². The average Bonchev–Trinajstić information content (AvgIpc) is 2.71. The summed E-state index contributed by atoms with van der Waals surface area (Å²) in [5, 5.41) is 3.08. The lowest BCUT2D eigenvalue weighted by Crippen LogP contribution is -1.87. The highest BCUT2D eigenvalue weighted by Crippen LogP contribution is 2.28. The van der Waals surface area contributed by atoms with E-state index in [0.29, 0.717) is 6.61 Å². The summed E-state index contributed by atoms with van der Waals surface area (Å²) in [4.78, 5) is 4.54. The van der Waals surface area contributed by atoms with Crippen LogP contribution in [0.15, 0.2) is 28.1 Å². The number of ether oxygens (including phenoxy) is 1. The molecule has 0 saturated carbocycles. The van der Waals surface area contributed by atoms with E-state index in [1.54, 1.807) is 18.4 Å². The molecule has 4 heteroatoms. The largest absolute Gasteiger partial charge is 0.378 e. The van der Waals surface area contributed by atoms with Crippen LogP contribution in [-0.2, 0) is 11.3 Å². The second-order valence-corrected chi connectivity index (χ2v) is 5.38. The maximum absolute atomic E-state index is 5.07. The number of hydrogen-bond acceptors (Lipinski definition) is 3. The van der Waals surface area contributed by atoms with Gasteiger partial charge >= 0.3 is 0 Å². The summed E-state index contributed by atoms with van der Waals surface area (Å²) in [5.74, 6) is 0. The van der Waals surface area contributed by atoms with E-state index in [2.05, 4.69) is 45.4 Å². The summed E-state index contributed by atoms with van der Waals surface area (Å²) < 4.78 is 6.15. The van der Waals surface area contributed by atoms with E-state index in [0.717, 1.165) is 15.2 Å². The highest BCUT2D eigenvalue weighted by atomic mass is 79.9. The van der Waals surface area contributed by atoms with Crippen molar-refractivity contribution in [1.29, 1.82) is 0 Å². The number of methoxy groups -OCH3 is 1. The zero-order chi connectivity index (χ0) is 11.5. The molecule has 0 N–H and O–H groups in total. The number of hydrogen-bond donors (Lipinski definition) is 0. The lowest BCUT2D eigenvalue weighted by Gasteiger charge is -2.02. The Morgan fingerprint density at radius 2 is 2.25 bits per heavy atom. The van der Waals surface area contributed by atoms with Crippen molar-refractivity contribution in [3.63, 3.8) is 0 Å². The Bertz CT molecular complexity index is 496. The lowest BCUT2D eigenvalue weighted by molar-refractivity contribution is 0.184. The van der Waals surface area contributed by atoms with Crippen LogP contribution in [0.1, 0.15) is 10.6 Å². The first kappa shape index (κ1) is 11.8. The van der Waals surface area contributed by atoms with Crippen molar-refractivity contribution in [3.8, 4) is 11.3 Å². The van der Waals surface area contributed by atoms with Crippen molar-refractivity contribution < 1.29 is 4.74 Å². The second-order valence-electron chi connectivity index (χ2n) is 3.52. The quantitative estimate of drug-likeness (QED) is 0.853. The number of halogens is 1. The van der Waals surface area contributed by atoms with Crippen LogP contribution in [-0.4, -0.2) is 12.1 Å². The molecule has 0 amide bonds. The van der Waals surface area contributed by atoms with Gasteiger partial charge in [-0.05, 0) is 24.6 Å². The van der Waals surface area contributed by atoms with E-state index < -0.39 is 0 Å². The molecule has 0 atom stereocenters. The molecule has 0 aliphatic carbocycles. The van der Waals surface area contributed by atoms with Crippen molar-refractivity contribution in [2.24, 2.45) is 0 Å². The minimum absolute atomic E-state index is 0.581. The van der Waals surface area contributed by atoms with E-state index in [1.807, 2.05) is 6.07 Å². The topological polar surface area (TPSA) is 22.1 Å². The first-order valence-electron chi connectivity index (χ1n) is 4.90. The van der Waals surface area contributed by atoms with Gasteiger partial charge in [0.1, 0.15) is 5.01 Å². The summed E-state index contributed by atoms with van der Waals surface area (Å²) in [6, 6.07) is 6.23. The Hall–Kier alpha value is -0.710. The van der Waals surface area contributed by atoms with Gasteiger partial charge in [0, 0.05) is 22.5 Å². The minimum atomic E-state index is 0.581. The summed E-state index contributed by atoms with van der Waals surface area (Å²) >= 11 is 5.11. The number of aryl methyl sites for hydroxylation is 1. The van der Waals surface area contributed by atoms with E-state index in [-0.39, 0.29) is 0 Å². The molecule has 84 valence electrons. The zero-order valence-electron chi connectivity index (χ0n) is 9.16. The summed E-state index contributed by atoms with van der Waals surface area (Å²) in [7, 11) is 1.69. The van der Waals surface area contributed by atoms with Gasteiger partial charge < -0.3 is 4.74 Å². The summed E-state index contributed by atoms with van der Waals surface area (Å²) in [6.07, 6.45) is 0. The maximum atomic E-state index is 5.07. The van der Waals surface area contributed by atoms with E-state index in [4.69, 9.17) is 4.74 Å². The van der Waals surface area contributed by atoms with Gasteiger partial charge in [-0.25, -0.2) is 4.98 Å². The smallest absolute Gasteiger partial charge is 0.119 e. The fourth-order valence-electron chi connectivity index (χ4n) is 1.49. The van der Waals surface area contributed by atoms with Crippen molar-refractivity contribution in [3.05, 3.63) is 38.6 Å². The van der Waals surface area contributed by atoms with Gasteiger partial charge in [0.2, 0.25) is 0 Å². The molecule has 0 saturated heterocycles. The Morgan fingerprint density at radius 3 is 3.00 bits per heavy atom. The predicted molar refractivity (Wildman–Crippen MR) is 70.7 cm³/mol. The van der Waals surface area contributed by atoms with Gasteiger partial charge in [0.15, 0.2) is 0 Å². The van der Waals surface area contributed by atoms with Crippen molar-refractivity contribution in [2.45, 2.75) is 13.5 Å². The molecule has 1 heterocycles. The molecule has 0 aliphatic heterocycles. The highest BCUT2D eigenvalue weighted by molar-refractivity contribution is 9.10. The number of rotatable bonds is 3. The Kier molecular flexibility index (Phi) is 3.74. The predicted octanol–water partition coefficient (Wildman–Crippen LogP) is 4.03. The second kappa shape index (κ2) is 5.08. The molecule has 0 fully saturated rings. The van der Waals surface area contributed by atoms with Crippen molar-refractivity contribution in [2.75, 3.05) is 7.11 Å². The Balaban J connectivity index is 2.38. The molecule has 1 aromatic heterocycles. The highest BCUT2D eigenvalue weighted by Gasteiger charge is 2.07. The van der Waals surface area contributed by atoms with E-state index in [9.17, 15) is 0 Å². The summed E-state index contributed by atoms with van der Waals surface area (Å²) in [6.45, 7) is 2.68. The third-order valence-electron chi connectivity index (χ3n) is 2.30. The first-order valence-corrected chi connectivity index (χ1v) is 6.58. The van der Waals surface area contributed by atoms with Crippen LogP contribution in [0.25, 0.3) is 11.3 Å². The lowest BCUT2D eigenvalue weighted by atomic mass is 10.1. The number of thiazole rings is 1. The molecule has 0 unspecified atom stereocenters. The molecule has 2 rings (SSSR count). The summed E-state index contributed by atoms with van der Waals surface area (Å²) in [5.41, 5.74) is 3.43. The van der Waals surface area contributed by atoms with Crippen LogP contribution in [0.5, 0.6) is 0 Å². The van der Waals surface area contributed by atoms with E-state index >= 15 is 0 Å². The molecule has 0 spiro atoms. The molecule has 0 aliphatic rings. The monoisotopic (exact) mass is 297 g/mol. The average molecular weight is 298 g/mol. The molecular weight excluding hydrogens is 286 g/mol. The molecule has 0 bridgehead atoms. The van der Waals surface area contributed by atoms with Gasteiger partial charge in [0.25, 0.3) is 0 Å².